The van der Waals surface area contributed by atoms with Crippen molar-refractivity contribution >= 4 is 5.91 Å². The van der Waals surface area contributed by atoms with E-state index >= 15 is 0 Å². The van der Waals surface area contributed by atoms with E-state index in [0.717, 1.165) is 56.4 Å². The van der Waals surface area contributed by atoms with Crippen molar-refractivity contribution in [2.45, 2.75) is 50.2 Å². The highest BCUT2D eigenvalue weighted by Gasteiger charge is 2.45. The molecule has 0 unspecified atom stereocenters. The predicted molar refractivity (Wildman–Crippen MR) is 89.7 cm³/mol. The lowest BCUT2D eigenvalue weighted by Gasteiger charge is -2.39. The highest BCUT2D eigenvalue weighted by Crippen LogP contribution is 2.37. The van der Waals surface area contributed by atoms with Crippen LogP contribution in [0.3, 0.4) is 0 Å². The van der Waals surface area contributed by atoms with Crippen molar-refractivity contribution in [3.05, 3.63) is 36.2 Å². The van der Waals surface area contributed by atoms with Crippen molar-refractivity contribution in [2.24, 2.45) is 0 Å². The molecule has 24 heavy (non-hydrogen) atoms. The van der Waals surface area contributed by atoms with E-state index in [1.165, 1.54) is 0 Å². The Kier molecular flexibility index (Phi) is 4.27. The van der Waals surface area contributed by atoms with E-state index in [1.807, 2.05) is 17.0 Å². The van der Waals surface area contributed by atoms with Gasteiger partial charge in [-0.15, -0.1) is 0 Å². The largest absolute Gasteiger partial charge is 0.486 e. The van der Waals surface area contributed by atoms with Crippen LogP contribution in [0.15, 0.2) is 36.2 Å². The lowest BCUT2D eigenvalue weighted by atomic mass is 9.89. The monoisotopic (exact) mass is 328 g/mol. The standard InChI is InChI=1S/C19H24N2O3/c22-18(15-5-1-2-6-15)21-10-4-8-19(14-21)11-17(13-23-19)24-16-7-3-9-20-12-16/h3,5,7,9,12,17H,1-2,4,6,8,10-11,13-14H2/t17-,19+/m1/s1. The summed E-state index contributed by atoms with van der Waals surface area (Å²) in [6, 6.07) is 3.79. The number of likely N-dealkylation sites (tertiary alicyclic amines) is 1. The summed E-state index contributed by atoms with van der Waals surface area (Å²) >= 11 is 0. The van der Waals surface area contributed by atoms with Gasteiger partial charge in [-0.05, 0) is 44.2 Å². The normalized spacial score (nSPS) is 29.8. The number of carbonyl (C=O) groups excluding carboxylic acids is 1. The first-order valence-electron chi connectivity index (χ1n) is 8.93. The number of piperidine rings is 1. The van der Waals surface area contributed by atoms with E-state index in [-0.39, 0.29) is 17.6 Å². The molecule has 5 nitrogen and oxygen atoms in total. The molecule has 2 aliphatic heterocycles. The molecule has 2 fully saturated rings. The fourth-order valence-electron chi connectivity index (χ4n) is 4.11. The summed E-state index contributed by atoms with van der Waals surface area (Å²) in [6.45, 7) is 2.12. The maximum atomic E-state index is 12.7. The molecule has 1 aromatic rings. The average molecular weight is 328 g/mol. The Morgan fingerprint density at radius 3 is 3.17 bits per heavy atom. The molecule has 3 aliphatic rings. The lowest BCUT2D eigenvalue weighted by Crippen LogP contribution is -2.50. The Hall–Kier alpha value is -1.88. The number of rotatable bonds is 3. The third-order valence-corrected chi connectivity index (χ3v) is 5.25. The third kappa shape index (κ3) is 3.18. The fourth-order valence-corrected chi connectivity index (χ4v) is 4.11. The zero-order valence-electron chi connectivity index (χ0n) is 13.9. The van der Waals surface area contributed by atoms with Gasteiger partial charge >= 0.3 is 0 Å². The van der Waals surface area contributed by atoms with Crippen molar-refractivity contribution in [3.8, 4) is 5.75 Å². The number of amides is 1. The summed E-state index contributed by atoms with van der Waals surface area (Å²) in [5, 5.41) is 0. The van der Waals surface area contributed by atoms with Crippen molar-refractivity contribution in [1.82, 2.24) is 9.88 Å². The molecule has 0 aromatic carbocycles. The van der Waals surface area contributed by atoms with Crippen LogP contribution in [0, 0.1) is 0 Å². The third-order valence-electron chi connectivity index (χ3n) is 5.25. The van der Waals surface area contributed by atoms with Gasteiger partial charge in [0, 0.05) is 24.7 Å². The molecular weight excluding hydrogens is 304 g/mol. The average Bonchev–Trinajstić information content (AvgIpc) is 3.26. The number of hydrogen-bond donors (Lipinski definition) is 0. The minimum Gasteiger partial charge on any atom is -0.486 e. The highest BCUT2D eigenvalue weighted by atomic mass is 16.6. The summed E-state index contributed by atoms with van der Waals surface area (Å²) in [5.74, 6) is 0.995. The molecule has 0 radical (unpaired) electrons. The molecule has 0 saturated carbocycles. The van der Waals surface area contributed by atoms with Crippen molar-refractivity contribution in [1.29, 1.82) is 0 Å². The van der Waals surface area contributed by atoms with Crippen LogP contribution >= 0.6 is 0 Å². The van der Waals surface area contributed by atoms with Gasteiger partial charge in [-0.25, -0.2) is 0 Å². The summed E-state index contributed by atoms with van der Waals surface area (Å²) in [6.07, 6.45) is 11.5. The topological polar surface area (TPSA) is 51.7 Å². The van der Waals surface area contributed by atoms with Crippen LogP contribution in [0.25, 0.3) is 0 Å². The Morgan fingerprint density at radius 2 is 2.38 bits per heavy atom. The Bertz CT molecular complexity index is 631. The lowest BCUT2D eigenvalue weighted by molar-refractivity contribution is -0.135. The van der Waals surface area contributed by atoms with Gasteiger partial charge in [0.25, 0.3) is 0 Å². The van der Waals surface area contributed by atoms with E-state index < -0.39 is 0 Å². The molecule has 1 spiro atoms. The summed E-state index contributed by atoms with van der Waals surface area (Å²) in [7, 11) is 0. The smallest absolute Gasteiger partial charge is 0.249 e. The molecule has 2 atom stereocenters. The summed E-state index contributed by atoms with van der Waals surface area (Å²) < 4.78 is 12.1. The van der Waals surface area contributed by atoms with E-state index in [0.29, 0.717) is 13.2 Å². The molecule has 1 aliphatic carbocycles. The molecular formula is C19H24N2O3. The Morgan fingerprint density at radius 1 is 1.42 bits per heavy atom. The van der Waals surface area contributed by atoms with E-state index in [9.17, 15) is 4.79 Å². The first-order valence-corrected chi connectivity index (χ1v) is 8.93. The van der Waals surface area contributed by atoms with Crippen LogP contribution in [0.2, 0.25) is 0 Å². The van der Waals surface area contributed by atoms with Crippen molar-refractivity contribution in [3.63, 3.8) is 0 Å². The maximum Gasteiger partial charge on any atom is 0.249 e. The zero-order chi connectivity index (χ0) is 16.4. The molecule has 128 valence electrons. The molecule has 0 N–H and O–H groups in total. The first-order chi connectivity index (χ1) is 11.7. The quantitative estimate of drug-likeness (QED) is 0.856. The van der Waals surface area contributed by atoms with Gasteiger partial charge in [0.05, 0.1) is 24.9 Å². The molecule has 1 amide bonds. The molecule has 1 aromatic heterocycles. The molecule has 5 heteroatoms. The second-order valence-corrected chi connectivity index (χ2v) is 7.08. The van der Waals surface area contributed by atoms with Gasteiger partial charge in [-0.2, -0.15) is 0 Å². The number of carbonyl (C=O) groups is 1. The van der Waals surface area contributed by atoms with Gasteiger partial charge in [-0.3, -0.25) is 9.78 Å². The predicted octanol–water partition coefficient (Wildman–Crippen LogP) is 2.72. The molecule has 4 rings (SSSR count). The van der Waals surface area contributed by atoms with Gasteiger partial charge in [0.1, 0.15) is 11.9 Å². The molecule has 3 heterocycles. The van der Waals surface area contributed by atoms with Gasteiger partial charge in [0.2, 0.25) is 5.91 Å². The van der Waals surface area contributed by atoms with Crippen LogP contribution in [0.1, 0.15) is 38.5 Å². The molecule has 0 bridgehead atoms. The van der Waals surface area contributed by atoms with Crippen LogP contribution in [0.5, 0.6) is 5.75 Å². The van der Waals surface area contributed by atoms with Crippen molar-refractivity contribution < 1.29 is 14.3 Å². The van der Waals surface area contributed by atoms with Crippen molar-refractivity contribution in [2.75, 3.05) is 19.7 Å². The minimum absolute atomic E-state index is 0.0370. The van der Waals surface area contributed by atoms with E-state index in [4.69, 9.17) is 9.47 Å². The van der Waals surface area contributed by atoms with Gasteiger partial charge in [-0.1, -0.05) is 6.08 Å². The number of allylic oxidation sites excluding steroid dienone is 1. The Balaban J connectivity index is 1.39. The fraction of sp³-hybridized carbons (Fsp3) is 0.579. The van der Waals surface area contributed by atoms with Gasteiger partial charge < -0.3 is 14.4 Å². The second-order valence-electron chi connectivity index (χ2n) is 7.08. The number of pyridine rings is 1. The zero-order valence-corrected chi connectivity index (χ0v) is 13.9. The number of hydrogen-bond acceptors (Lipinski definition) is 4. The van der Waals surface area contributed by atoms with Gasteiger partial charge in [0.15, 0.2) is 0 Å². The van der Waals surface area contributed by atoms with E-state index in [2.05, 4.69) is 11.1 Å². The van der Waals surface area contributed by atoms with E-state index in [1.54, 1.807) is 12.4 Å². The van der Waals surface area contributed by atoms with Crippen LogP contribution in [-0.4, -0.2) is 47.2 Å². The molecule has 2 saturated heterocycles. The highest BCUT2D eigenvalue weighted by molar-refractivity contribution is 5.93. The second kappa shape index (κ2) is 6.55. The number of aromatic nitrogens is 1. The first kappa shape index (κ1) is 15.6. The SMILES string of the molecule is O=C(C1=CCCC1)N1CCC[C@]2(C[C@@H](Oc3cccnc3)CO2)C1. The number of ether oxygens (including phenoxy) is 2. The van der Waals surface area contributed by atoms with Crippen LogP contribution in [0.4, 0.5) is 0 Å². The maximum absolute atomic E-state index is 12.7. The summed E-state index contributed by atoms with van der Waals surface area (Å²) in [4.78, 5) is 18.8. The Labute approximate surface area is 142 Å². The number of nitrogens with zero attached hydrogens (tertiary/aromatic N) is 2. The van der Waals surface area contributed by atoms with Crippen LogP contribution < -0.4 is 4.74 Å². The minimum atomic E-state index is -0.236. The summed E-state index contributed by atoms with van der Waals surface area (Å²) in [5.41, 5.74) is 0.758. The van der Waals surface area contributed by atoms with Crippen LogP contribution in [-0.2, 0) is 9.53 Å².